The molecular formula is C23H39N5O. The van der Waals surface area contributed by atoms with Gasteiger partial charge in [0.2, 0.25) is 0 Å². The van der Waals surface area contributed by atoms with E-state index in [1.165, 1.54) is 24.9 Å². The Hall–Kier alpha value is -1.63. The van der Waals surface area contributed by atoms with E-state index in [0.29, 0.717) is 6.04 Å². The standard InChI is InChI=1S/C23H39N5O/c1-3-22(21-9-5-4-6-10-21)27-13-15-28(16-14-27)23(24-2)25-11-7-8-12-26-17-19-29-20-18-26/h4-6,9-10,22H,3,7-8,11-20H2,1-2H3,(H,24,25). The Morgan fingerprint density at radius 1 is 1.03 bits per heavy atom. The fourth-order valence-corrected chi connectivity index (χ4v) is 4.44. The van der Waals surface area contributed by atoms with Gasteiger partial charge in [-0.2, -0.15) is 0 Å². The number of nitrogens with zero attached hydrogens (tertiary/aromatic N) is 4. The van der Waals surface area contributed by atoms with Gasteiger partial charge in [0.15, 0.2) is 5.96 Å². The number of hydrogen-bond donors (Lipinski definition) is 1. The number of unbranched alkanes of at least 4 members (excludes halogenated alkanes) is 1. The molecule has 2 saturated heterocycles. The maximum absolute atomic E-state index is 5.42. The monoisotopic (exact) mass is 401 g/mol. The number of benzene rings is 1. The van der Waals surface area contributed by atoms with E-state index in [4.69, 9.17) is 4.74 Å². The summed E-state index contributed by atoms with van der Waals surface area (Å²) in [4.78, 5) is 12.1. The molecule has 2 fully saturated rings. The number of ether oxygens (including phenoxy) is 1. The van der Waals surface area contributed by atoms with Crippen molar-refractivity contribution in [2.75, 3.05) is 72.6 Å². The summed E-state index contributed by atoms with van der Waals surface area (Å²) in [5, 5.41) is 3.58. The predicted octanol–water partition coefficient (Wildman–Crippen LogP) is 2.44. The van der Waals surface area contributed by atoms with Crippen molar-refractivity contribution in [2.24, 2.45) is 4.99 Å². The zero-order valence-electron chi connectivity index (χ0n) is 18.4. The molecule has 1 N–H and O–H groups in total. The first-order valence-electron chi connectivity index (χ1n) is 11.4. The van der Waals surface area contributed by atoms with Crippen LogP contribution < -0.4 is 5.32 Å². The highest BCUT2D eigenvalue weighted by molar-refractivity contribution is 5.79. The third-order valence-corrected chi connectivity index (χ3v) is 6.13. The van der Waals surface area contributed by atoms with Gasteiger partial charge in [-0.1, -0.05) is 37.3 Å². The van der Waals surface area contributed by atoms with Crippen molar-refractivity contribution in [3.8, 4) is 0 Å². The van der Waals surface area contributed by atoms with Gasteiger partial charge in [-0.15, -0.1) is 0 Å². The molecule has 6 heteroatoms. The van der Waals surface area contributed by atoms with Gasteiger partial charge in [0.25, 0.3) is 0 Å². The molecule has 1 aromatic carbocycles. The third kappa shape index (κ3) is 6.69. The first-order chi connectivity index (χ1) is 14.3. The Bertz CT molecular complexity index is 595. The molecule has 29 heavy (non-hydrogen) atoms. The van der Waals surface area contributed by atoms with E-state index in [1.807, 2.05) is 7.05 Å². The van der Waals surface area contributed by atoms with E-state index >= 15 is 0 Å². The molecule has 3 rings (SSSR count). The minimum atomic E-state index is 0.522. The van der Waals surface area contributed by atoms with Gasteiger partial charge in [0, 0.05) is 58.9 Å². The molecule has 162 valence electrons. The third-order valence-electron chi connectivity index (χ3n) is 6.13. The highest BCUT2D eigenvalue weighted by Crippen LogP contribution is 2.25. The van der Waals surface area contributed by atoms with Gasteiger partial charge in [0.05, 0.1) is 13.2 Å². The van der Waals surface area contributed by atoms with Crippen LogP contribution in [0.3, 0.4) is 0 Å². The van der Waals surface area contributed by atoms with E-state index in [-0.39, 0.29) is 0 Å². The quantitative estimate of drug-likeness (QED) is 0.412. The molecule has 1 atom stereocenters. The minimum Gasteiger partial charge on any atom is -0.379 e. The maximum Gasteiger partial charge on any atom is 0.193 e. The van der Waals surface area contributed by atoms with Gasteiger partial charge in [-0.3, -0.25) is 14.8 Å². The molecule has 0 aliphatic carbocycles. The first-order valence-corrected chi connectivity index (χ1v) is 11.4. The molecule has 2 aliphatic rings. The zero-order valence-corrected chi connectivity index (χ0v) is 18.4. The Balaban J connectivity index is 1.37. The van der Waals surface area contributed by atoms with Crippen LogP contribution in [0.25, 0.3) is 0 Å². The van der Waals surface area contributed by atoms with Crippen molar-refractivity contribution in [3.05, 3.63) is 35.9 Å². The van der Waals surface area contributed by atoms with Gasteiger partial charge >= 0.3 is 0 Å². The van der Waals surface area contributed by atoms with Crippen molar-refractivity contribution in [1.29, 1.82) is 0 Å². The SMILES string of the molecule is CCC(c1ccccc1)N1CCN(C(=NC)NCCCCN2CCOCC2)CC1. The molecule has 1 aromatic rings. The van der Waals surface area contributed by atoms with Crippen LogP contribution in [0.1, 0.15) is 37.8 Å². The fourth-order valence-electron chi connectivity index (χ4n) is 4.44. The molecule has 0 bridgehead atoms. The summed E-state index contributed by atoms with van der Waals surface area (Å²) in [7, 11) is 1.90. The molecule has 0 spiro atoms. The Kier molecular flexibility index (Phi) is 9.25. The van der Waals surface area contributed by atoms with Gasteiger partial charge in [-0.25, -0.2) is 0 Å². The highest BCUT2D eigenvalue weighted by atomic mass is 16.5. The van der Waals surface area contributed by atoms with Crippen LogP contribution in [0, 0.1) is 0 Å². The van der Waals surface area contributed by atoms with Crippen molar-refractivity contribution in [3.63, 3.8) is 0 Å². The average Bonchev–Trinajstić information content (AvgIpc) is 2.79. The number of rotatable bonds is 8. The van der Waals surface area contributed by atoms with Crippen molar-refractivity contribution < 1.29 is 4.74 Å². The molecule has 0 radical (unpaired) electrons. The van der Waals surface area contributed by atoms with E-state index < -0.39 is 0 Å². The molecule has 0 aromatic heterocycles. The van der Waals surface area contributed by atoms with Gasteiger partial charge in [-0.05, 0) is 31.4 Å². The number of hydrogen-bond acceptors (Lipinski definition) is 4. The van der Waals surface area contributed by atoms with E-state index in [0.717, 1.165) is 71.4 Å². The summed E-state index contributed by atoms with van der Waals surface area (Å²) in [6, 6.07) is 11.5. The average molecular weight is 402 g/mol. The smallest absolute Gasteiger partial charge is 0.193 e. The summed E-state index contributed by atoms with van der Waals surface area (Å²) in [6.07, 6.45) is 3.56. The molecular weight excluding hydrogens is 362 g/mol. The largest absolute Gasteiger partial charge is 0.379 e. The Morgan fingerprint density at radius 2 is 1.76 bits per heavy atom. The first kappa shape index (κ1) is 22.1. The minimum absolute atomic E-state index is 0.522. The van der Waals surface area contributed by atoms with E-state index in [2.05, 4.69) is 62.3 Å². The van der Waals surface area contributed by atoms with Crippen LogP contribution in [-0.4, -0.2) is 93.3 Å². The Morgan fingerprint density at radius 3 is 2.41 bits per heavy atom. The van der Waals surface area contributed by atoms with Crippen LogP contribution in [0.4, 0.5) is 0 Å². The second kappa shape index (κ2) is 12.2. The lowest BCUT2D eigenvalue weighted by molar-refractivity contribution is 0.0372. The van der Waals surface area contributed by atoms with Gasteiger partial charge < -0.3 is 15.0 Å². The number of morpholine rings is 1. The van der Waals surface area contributed by atoms with Crippen LogP contribution in [0.5, 0.6) is 0 Å². The lowest BCUT2D eigenvalue weighted by atomic mass is 10.0. The summed E-state index contributed by atoms with van der Waals surface area (Å²) < 4.78 is 5.42. The predicted molar refractivity (Wildman–Crippen MR) is 120 cm³/mol. The van der Waals surface area contributed by atoms with Crippen molar-refractivity contribution in [1.82, 2.24) is 20.0 Å². The maximum atomic E-state index is 5.42. The number of nitrogens with one attached hydrogen (secondary N) is 1. The van der Waals surface area contributed by atoms with Crippen molar-refractivity contribution in [2.45, 2.75) is 32.2 Å². The normalized spacial score (nSPS) is 20.6. The second-order valence-electron chi connectivity index (χ2n) is 7.99. The van der Waals surface area contributed by atoms with E-state index in [9.17, 15) is 0 Å². The fraction of sp³-hybridized carbons (Fsp3) is 0.696. The van der Waals surface area contributed by atoms with E-state index in [1.54, 1.807) is 0 Å². The number of aliphatic imine (C=N–C) groups is 1. The lowest BCUT2D eigenvalue weighted by Crippen LogP contribution is -2.53. The van der Waals surface area contributed by atoms with Crippen LogP contribution in [0.15, 0.2) is 35.3 Å². The summed E-state index contributed by atoms with van der Waals surface area (Å²) in [5.41, 5.74) is 1.44. The van der Waals surface area contributed by atoms with Gasteiger partial charge in [0.1, 0.15) is 0 Å². The topological polar surface area (TPSA) is 43.3 Å². The number of guanidine groups is 1. The van der Waals surface area contributed by atoms with Crippen LogP contribution in [-0.2, 0) is 4.74 Å². The second-order valence-corrected chi connectivity index (χ2v) is 7.99. The van der Waals surface area contributed by atoms with Crippen molar-refractivity contribution >= 4 is 5.96 Å². The molecule has 1 unspecified atom stereocenters. The highest BCUT2D eigenvalue weighted by Gasteiger charge is 2.25. The Labute approximate surface area is 176 Å². The summed E-state index contributed by atoms with van der Waals surface area (Å²) in [5.74, 6) is 1.06. The summed E-state index contributed by atoms with van der Waals surface area (Å²) >= 11 is 0. The molecule has 2 heterocycles. The summed E-state index contributed by atoms with van der Waals surface area (Å²) in [6.45, 7) is 12.7. The number of piperazine rings is 1. The molecule has 0 saturated carbocycles. The molecule has 6 nitrogen and oxygen atoms in total. The zero-order chi connectivity index (χ0) is 20.3. The molecule has 2 aliphatic heterocycles. The van der Waals surface area contributed by atoms with Crippen LogP contribution in [0.2, 0.25) is 0 Å². The molecule has 0 amide bonds. The lowest BCUT2D eigenvalue weighted by Gasteiger charge is -2.40. The van der Waals surface area contributed by atoms with Crippen LogP contribution >= 0.6 is 0 Å².